The van der Waals surface area contributed by atoms with Crippen LogP contribution in [0.4, 0.5) is 0 Å². The van der Waals surface area contributed by atoms with Crippen molar-refractivity contribution in [3.63, 3.8) is 0 Å². The normalized spacial score (nSPS) is 17.8. The van der Waals surface area contributed by atoms with Gasteiger partial charge in [0.1, 0.15) is 0 Å². The molecular formula is C21H36IN3O4S. The first-order valence-corrected chi connectivity index (χ1v) is 11.9. The third-order valence-electron chi connectivity index (χ3n) is 5.09. The highest BCUT2D eigenvalue weighted by Gasteiger charge is 2.40. The number of ether oxygens (including phenoxy) is 2. The van der Waals surface area contributed by atoms with Gasteiger partial charge in [-0.3, -0.25) is 4.99 Å². The van der Waals surface area contributed by atoms with E-state index in [0.29, 0.717) is 26.2 Å². The molecular weight excluding hydrogens is 517 g/mol. The molecule has 0 bridgehead atoms. The monoisotopic (exact) mass is 553 g/mol. The minimum atomic E-state index is -3.06. The van der Waals surface area contributed by atoms with Crippen molar-refractivity contribution in [2.75, 3.05) is 45.6 Å². The molecule has 7 nitrogen and oxygen atoms in total. The van der Waals surface area contributed by atoms with Crippen LogP contribution in [0.5, 0.6) is 11.5 Å². The Hall–Kier alpha value is -1.23. The van der Waals surface area contributed by atoms with Gasteiger partial charge in [0.2, 0.25) is 0 Å². The first kappa shape index (κ1) is 26.8. The fraction of sp³-hybridized carbons (Fsp3) is 0.667. The Labute approximate surface area is 198 Å². The van der Waals surface area contributed by atoms with Crippen molar-refractivity contribution in [1.82, 2.24) is 10.2 Å². The number of nitrogens with one attached hydrogen (secondary N) is 1. The second-order valence-electron chi connectivity index (χ2n) is 7.76. The summed E-state index contributed by atoms with van der Waals surface area (Å²) in [4.78, 5) is 6.80. The van der Waals surface area contributed by atoms with Crippen molar-refractivity contribution in [3.8, 4) is 11.5 Å². The molecule has 1 heterocycles. The van der Waals surface area contributed by atoms with Gasteiger partial charge in [-0.15, -0.1) is 24.0 Å². The topological polar surface area (TPSA) is 80.2 Å². The fourth-order valence-corrected chi connectivity index (χ4v) is 4.73. The third-order valence-corrected chi connectivity index (χ3v) is 7.62. The van der Waals surface area contributed by atoms with E-state index in [1.54, 1.807) is 21.0 Å². The van der Waals surface area contributed by atoms with Crippen LogP contribution < -0.4 is 14.8 Å². The Morgan fingerprint density at radius 2 is 2.00 bits per heavy atom. The molecule has 0 spiro atoms. The highest BCUT2D eigenvalue weighted by Crippen LogP contribution is 2.28. The predicted molar refractivity (Wildman–Crippen MR) is 133 cm³/mol. The SMILES string of the molecule is CCNC(=NCCCc1ccc(OC)c(OCC)c1)N1CCS(=O)(=O)C(C)(C)C1.I. The van der Waals surface area contributed by atoms with E-state index < -0.39 is 14.6 Å². The van der Waals surface area contributed by atoms with E-state index in [4.69, 9.17) is 14.5 Å². The zero-order chi connectivity index (χ0) is 21.5. The van der Waals surface area contributed by atoms with Gasteiger partial charge in [0.05, 0.1) is 24.2 Å². The van der Waals surface area contributed by atoms with Crippen molar-refractivity contribution in [1.29, 1.82) is 0 Å². The summed E-state index contributed by atoms with van der Waals surface area (Å²) in [6.07, 6.45) is 1.77. The molecule has 1 aliphatic rings. The molecule has 0 aromatic heterocycles. The average molecular weight is 554 g/mol. The van der Waals surface area contributed by atoms with Crippen LogP contribution in [0.25, 0.3) is 0 Å². The van der Waals surface area contributed by atoms with Gasteiger partial charge in [-0.1, -0.05) is 6.07 Å². The molecule has 30 heavy (non-hydrogen) atoms. The first-order valence-electron chi connectivity index (χ1n) is 10.3. The van der Waals surface area contributed by atoms with Crippen molar-refractivity contribution < 1.29 is 17.9 Å². The molecule has 1 aromatic carbocycles. The first-order chi connectivity index (χ1) is 13.7. The lowest BCUT2D eigenvalue weighted by Crippen LogP contribution is -2.57. The lowest BCUT2D eigenvalue weighted by molar-refractivity contribution is 0.310. The highest BCUT2D eigenvalue weighted by molar-refractivity contribution is 14.0. The molecule has 1 aromatic rings. The van der Waals surface area contributed by atoms with Crippen molar-refractivity contribution in [3.05, 3.63) is 23.8 Å². The number of benzene rings is 1. The molecule has 0 unspecified atom stereocenters. The quantitative estimate of drug-likeness (QED) is 0.231. The third kappa shape index (κ3) is 6.90. The standard InChI is InChI=1S/C21H35N3O4S.HI/c1-6-22-20(24-13-14-29(25,26)21(3,4)16-24)23-12-8-9-17-10-11-18(27-5)19(15-17)28-7-2;/h10-11,15H,6-9,12-14,16H2,1-5H3,(H,22,23);1H. The van der Waals surface area contributed by atoms with Crippen LogP contribution in [0.2, 0.25) is 0 Å². The van der Waals surface area contributed by atoms with Crippen LogP contribution in [0.15, 0.2) is 23.2 Å². The minimum absolute atomic E-state index is 0. The van der Waals surface area contributed by atoms with Gasteiger partial charge >= 0.3 is 0 Å². The maximum atomic E-state index is 12.3. The molecule has 0 saturated carbocycles. The van der Waals surface area contributed by atoms with Gasteiger partial charge < -0.3 is 19.7 Å². The molecule has 1 fully saturated rings. The Bertz CT molecular complexity index is 812. The van der Waals surface area contributed by atoms with Gasteiger partial charge in [0.15, 0.2) is 27.3 Å². The van der Waals surface area contributed by atoms with Crippen molar-refractivity contribution >= 4 is 39.8 Å². The summed E-state index contributed by atoms with van der Waals surface area (Å²) in [6.45, 7) is 10.5. The number of sulfone groups is 1. The van der Waals surface area contributed by atoms with Crippen LogP contribution in [0.1, 0.15) is 39.7 Å². The van der Waals surface area contributed by atoms with E-state index in [9.17, 15) is 8.42 Å². The molecule has 0 aliphatic carbocycles. The molecule has 1 aliphatic heterocycles. The zero-order valence-electron chi connectivity index (χ0n) is 18.7. The van der Waals surface area contributed by atoms with Gasteiger partial charge in [0, 0.05) is 26.2 Å². The number of hydrogen-bond donors (Lipinski definition) is 1. The molecule has 9 heteroatoms. The van der Waals surface area contributed by atoms with Crippen molar-refractivity contribution in [2.45, 2.75) is 45.3 Å². The highest BCUT2D eigenvalue weighted by atomic mass is 127. The smallest absolute Gasteiger partial charge is 0.193 e. The number of hydrogen-bond acceptors (Lipinski definition) is 5. The van der Waals surface area contributed by atoms with Crippen LogP contribution in [0.3, 0.4) is 0 Å². The lowest BCUT2D eigenvalue weighted by atomic mass is 10.1. The Morgan fingerprint density at radius 1 is 1.27 bits per heavy atom. The minimum Gasteiger partial charge on any atom is -0.493 e. The molecule has 0 atom stereocenters. The number of halogens is 1. The second-order valence-corrected chi connectivity index (χ2v) is 10.5. The number of nitrogens with zero attached hydrogens (tertiary/aromatic N) is 2. The second kappa shape index (κ2) is 12.0. The number of rotatable bonds is 8. The van der Waals surface area contributed by atoms with Crippen LogP contribution in [-0.2, 0) is 16.3 Å². The molecule has 0 amide bonds. The van der Waals surface area contributed by atoms with E-state index in [1.807, 2.05) is 32.0 Å². The summed E-state index contributed by atoms with van der Waals surface area (Å²) in [6, 6.07) is 6.01. The Morgan fingerprint density at radius 3 is 2.60 bits per heavy atom. The predicted octanol–water partition coefficient (Wildman–Crippen LogP) is 3.12. The maximum absolute atomic E-state index is 12.3. The van der Waals surface area contributed by atoms with Gasteiger partial charge in [-0.2, -0.15) is 0 Å². The van der Waals surface area contributed by atoms with E-state index in [2.05, 4.69) is 10.2 Å². The Kier molecular flexibility index (Phi) is 10.7. The summed E-state index contributed by atoms with van der Waals surface area (Å²) >= 11 is 0. The molecule has 2 rings (SSSR count). The van der Waals surface area contributed by atoms with Crippen LogP contribution in [0, 0.1) is 0 Å². The number of aryl methyl sites for hydroxylation is 1. The number of aliphatic imine (C=N–C) groups is 1. The lowest BCUT2D eigenvalue weighted by Gasteiger charge is -2.39. The van der Waals surface area contributed by atoms with Crippen LogP contribution >= 0.6 is 24.0 Å². The molecule has 172 valence electrons. The number of methoxy groups -OCH3 is 1. The van der Waals surface area contributed by atoms with Crippen molar-refractivity contribution in [2.24, 2.45) is 4.99 Å². The van der Waals surface area contributed by atoms with Gasteiger partial charge in [-0.25, -0.2) is 8.42 Å². The van der Waals surface area contributed by atoms with E-state index in [1.165, 1.54) is 5.56 Å². The van der Waals surface area contributed by atoms with E-state index in [-0.39, 0.29) is 29.7 Å². The summed E-state index contributed by atoms with van der Waals surface area (Å²) in [5.74, 6) is 2.46. The summed E-state index contributed by atoms with van der Waals surface area (Å²) in [5.41, 5.74) is 1.18. The average Bonchev–Trinajstić information content (AvgIpc) is 2.67. The maximum Gasteiger partial charge on any atom is 0.193 e. The molecule has 1 N–H and O–H groups in total. The largest absolute Gasteiger partial charge is 0.493 e. The summed E-state index contributed by atoms with van der Waals surface area (Å²) in [7, 11) is -1.42. The molecule has 0 radical (unpaired) electrons. The number of guanidine groups is 1. The van der Waals surface area contributed by atoms with Gasteiger partial charge in [0.25, 0.3) is 0 Å². The van der Waals surface area contributed by atoms with E-state index in [0.717, 1.165) is 36.8 Å². The fourth-order valence-electron chi connectivity index (χ4n) is 3.36. The summed E-state index contributed by atoms with van der Waals surface area (Å²) in [5, 5.41) is 3.30. The van der Waals surface area contributed by atoms with Gasteiger partial charge in [-0.05, 0) is 58.2 Å². The Balaban J connectivity index is 0.00000450. The zero-order valence-corrected chi connectivity index (χ0v) is 21.9. The van der Waals surface area contributed by atoms with E-state index >= 15 is 0 Å². The summed E-state index contributed by atoms with van der Waals surface area (Å²) < 4.78 is 34.7. The molecule has 1 saturated heterocycles. The van der Waals surface area contributed by atoms with Crippen LogP contribution in [-0.4, -0.2) is 69.7 Å².